The summed E-state index contributed by atoms with van der Waals surface area (Å²) >= 11 is 0. The highest BCUT2D eigenvalue weighted by Crippen LogP contribution is 2.38. The molecule has 4 rings (SSSR count). The molecule has 2 N–H and O–H groups in total. The van der Waals surface area contributed by atoms with Crippen molar-refractivity contribution in [3.63, 3.8) is 0 Å². The Morgan fingerprint density at radius 3 is 2.55 bits per heavy atom. The van der Waals surface area contributed by atoms with Gasteiger partial charge in [0.2, 0.25) is 5.95 Å². The van der Waals surface area contributed by atoms with Crippen molar-refractivity contribution in [2.75, 3.05) is 36.9 Å². The van der Waals surface area contributed by atoms with E-state index in [1.807, 2.05) is 20.8 Å². The van der Waals surface area contributed by atoms with Gasteiger partial charge in [-0.3, -0.25) is 4.90 Å². The van der Waals surface area contributed by atoms with Crippen LogP contribution in [0.15, 0.2) is 30.5 Å². The molecule has 2 atom stereocenters. The molecule has 2 amide bonds. The Morgan fingerprint density at radius 2 is 1.90 bits per heavy atom. The zero-order chi connectivity index (χ0) is 28.9. The molecule has 1 unspecified atom stereocenters. The fourth-order valence-electron chi connectivity index (χ4n) is 4.76. The van der Waals surface area contributed by atoms with E-state index in [4.69, 9.17) is 9.47 Å². The van der Waals surface area contributed by atoms with Crippen LogP contribution in [-0.4, -0.2) is 59.3 Å². The maximum Gasteiger partial charge on any atom is 0.415 e. The van der Waals surface area contributed by atoms with E-state index in [9.17, 15) is 9.59 Å². The van der Waals surface area contributed by atoms with Gasteiger partial charge >= 0.3 is 12.2 Å². The molecular formula is C30H44N6O4. The highest BCUT2D eigenvalue weighted by atomic mass is 16.6. The monoisotopic (exact) mass is 552 g/mol. The van der Waals surface area contributed by atoms with Gasteiger partial charge in [0.15, 0.2) is 0 Å². The number of nitrogens with one attached hydrogen (secondary N) is 2. The molecule has 0 bridgehead atoms. The topological polar surface area (TPSA) is 109 Å². The molecular weight excluding hydrogens is 508 g/mol. The number of carbonyl (C=O) groups is 2. The number of aromatic nitrogens is 2. The second-order valence-corrected chi connectivity index (χ2v) is 11.8. The fraction of sp³-hybridized carbons (Fsp3) is 0.600. The number of benzene rings is 1. The van der Waals surface area contributed by atoms with Crippen LogP contribution >= 0.6 is 0 Å². The van der Waals surface area contributed by atoms with Crippen molar-refractivity contribution in [1.82, 2.24) is 20.2 Å². The minimum absolute atomic E-state index is 0.0285. The van der Waals surface area contributed by atoms with Crippen molar-refractivity contribution in [3.8, 4) is 0 Å². The van der Waals surface area contributed by atoms with Crippen molar-refractivity contribution in [1.29, 1.82) is 0 Å². The Balaban J connectivity index is 1.37. The summed E-state index contributed by atoms with van der Waals surface area (Å²) < 4.78 is 10.7. The molecule has 10 nitrogen and oxygen atoms in total. The van der Waals surface area contributed by atoms with Gasteiger partial charge in [0, 0.05) is 38.9 Å². The largest absolute Gasteiger partial charge is 0.444 e. The van der Waals surface area contributed by atoms with E-state index >= 15 is 0 Å². The summed E-state index contributed by atoms with van der Waals surface area (Å²) in [6, 6.07) is 8.84. The van der Waals surface area contributed by atoms with Gasteiger partial charge in [0.05, 0.1) is 11.6 Å². The third-order valence-corrected chi connectivity index (χ3v) is 7.15. The number of hydrogen-bond donors (Lipinski definition) is 2. The van der Waals surface area contributed by atoms with Gasteiger partial charge in [0.1, 0.15) is 18.0 Å². The predicted octanol–water partition coefficient (Wildman–Crippen LogP) is 5.81. The van der Waals surface area contributed by atoms with Crippen molar-refractivity contribution in [2.24, 2.45) is 5.92 Å². The number of nitrogens with zero attached hydrogens (tertiary/aromatic N) is 4. The third kappa shape index (κ3) is 8.06. The first-order valence-corrected chi connectivity index (χ1v) is 14.4. The van der Waals surface area contributed by atoms with Crippen molar-refractivity contribution >= 4 is 24.0 Å². The molecule has 0 spiro atoms. The van der Waals surface area contributed by atoms with Crippen molar-refractivity contribution < 1.29 is 19.1 Å². The Hall–Kier alpha value is -3.40. The first-order valence-electron chi connectivity index (χ1n) is 14.4. The minimum Gasteiger partial charge on any atom is -0.444 e. The zero-order valence-corrected chi connectivity index (χ0v) is 24.7. The smallest absolute Gasteiger partial charge is 0.415 e. The van der Waals surface area contributed by atoms with Gasteiger partial charge in [0.25, 0.3) is 0 Å². The number of cyclic esters (lactones) is 1. The average Bonchev–Trinajstić information content (AvgIpc) is 3.73. The van der Waals surface area contributed by atoms with Crippen LogP contribution in [0.3, 0.4) is 0 Å². The number of fused-ring (bicyclic) bond motifs is 1. The lowest BCUT2D eigenvalue weighted by Crippen LogP contribution is -2.41. The fourth-order valence-corrected chi connectivity index (χ4v) is 4.76. The third-order valence-electron chi connectivity index (χ3n) is 7.15. The van der Waals surface area contributed by atoms with Crippen LogP contribution in [-0.2, 0) is 16.1 Å². The molecule has 0 radical (unpaired) electrons. The van der Waals surface area contributed by atoms with E-state index in [2.05, 4.69) is 58.7 Å². The Morgan fingerprint density at radius 1 is 1.20 bits per heavy atom. The maximum absolute atomic E-state index is 12.7. The summed E-state index contributed by atoms with van der Waals surface area (Å²) in [6.45, 7) is 12.0. The summed E-state index contributed by atoms with van der Waals surface area (Å²) in [6.07, 6.45) is 5.57. The normalized spacial score (nSPS) is 16.6. The lowest BCUT2D eigenvalue weighted by atomic mass is 9.98. The second kappa shape index (κ2) is 12.8. The highest BCUT2D eigenvalue weighted by molar-refractivity contribution is 5.88. The lowest BCUT2D eigenvalue weighted by molar-refractivity contribution is 0.0250. The number of hydrogen-bond acceptors (Lipinski definition) is 8. The second-order valence-electron chi connectivity index (χ2n) is 11.8. The molecule has 1 aromatic heterocycles. The summed E-state index contributed by atoms with van der Waals surface area (Å²) in [5.41, 5.74) is 2.63. The molecule has 218 valence electrons. The first-order chi connectivity index (χ1) is 19.0. The standard InChI is InChI=1S/C30H44N6O4/c1-7-15-36(29(38)40-30(3,4)5)16-14-31-25(17-21-8-9-21)23-12-10-22(11-13-23)20(2)33-27-32-18-24-19-39-28(37)35(6)26(24)34-27/h10-13,18,20-21,25,31H,7-9,14-17,19H2,1-6H3,(H,32,33,34)/t20-,25?/m0/s1. The quantitative estimate of drug-likeness (QED) is 0.339. The van der Waals surface area contributed by atoms with E-state index in [1.54, 1.807) is 18.1 Å². The van der Waals surface area contributed by atoms with E-state index in [0.717, 1.165) is 29.9 Å². The molecule has 2 aliphatic rings. The van der Waals surface area contributed by atoms with Gasteiger partial charge in [-0.25, -0.2) is 14.6 Å². The highest BCUT2D eigenvalue weighted by Gasteiger charge is 2.28. The lowest BCUT2D eigenvalue weighted by Gasteiger charge is -2.28. The molecule has 10 heteroatoms. The molecule has 2 aromatic rings. The van der Waals surface area contributed by atoms with Crippen LogP contribution in [0.2, 0.25) is 0 Å². The Bertz CT molecular complexity index is 1160. The van der Waals surface area contributed by atoms with E-state index in [1.165, 1.54) is 23.3 Å². The van der Waals surface area contributed by atoms with E-state index in [-0.39, 0.29) is 24.8 Å². The van der Waals surface area contributed by atoms with Gasteiger partial charge in [-0.05, 0) is 57.6 Å². The Kier molecular flexibility index (Phi) is 9.50. The minimum atomic E-state index is -0.505. The maximum atomic E-state index is 12.7. The van der Waals surface area contributed by atoms with E-state index < -0.39 is 11.7 Å². The summed E-state index contributed by atoms with van der Waals surface area (Å²) in [5.74, 6) is 1.79. The van der Waals surface area contributed by atoms with Crippen molar-refractivity contribution in [3.05, 3.63) is 47.2 Å². The van der Waals surface area contributed by atoms with Gasteiger partial charge < -0.3 is 25.0 Å². The molecule has 1 aliphatic carbocycles. The van der Waals surface area contributed by atoms with Crippen molar-refractivity contribution in [2.45, 2.75) is 84.6 Å². The van der Waals surface area contributed by atoms with Crippen LogP contribution in [0.25, 0.3) is 0 Å². The van der Waals surface area contributed by atoms with Crippen LogP contribution in [0.1, 0.15) is 89.1 Å². The van der Waals surface area contributed by atoms with Crippen LogP contribution < -0.4 is 15.5 Å². The van der Waals surface area contributed by atoms with Gasteiger partial charge in [-0.2, -0.15) is 4.98 Å². The van der Waals surface area contributed by atoms with Crippen LogP contribution in [0.4, 0.5) is 21.4 Å². The molecule has 1 aromatic carbocycles. The summed E-state index contributed by atoms with van der Waals surface area (Å²) in [4.78, 5) is 36.7. The molecule has 1 saturated carbocycles. The van der Waals surface area contributed by atoms with E-state index in [0.29, 0.717) is 31.4 Å². The number of amides is 2. The summed E-state index contributed by atoms with van der Waals surface area (Å²) in [7, 11) is 1.64. The summed E-state index contributed by atoms with van der Waals surface area (Å²) in [5, 5.41) is 7.07. The zero-order valence-electron chi connectivity index (χ0n) is 24.7. The first kappa shape index (κ1) is 29.6. The predicted molar refractivity (Wildman–Crippen MR) is 155 cm³/mol. The number of ether oxygens (including phenoxy) is 2. The molecule has 40 heavy (non-hydrogen) atoms. The average molecular weight is 553 g/mol. The Labute approximate surface area is 237 Å². The molecule has 0 saturated heterocycles. The molecule has 2 heterocycles. The number of anilines is 2. The van der Waals surface area contributed by atoms with Gasteiger partial charge in [-0.1, -0.05) is 44.0 Å². The van der Waals surface area contributed by atoms with Gasteiger partial charge in [-0.15, -0.1) is 0 Å². The number of carbonyl (C=O) groups excluding carboxylic acids is 2. The molecule has 1 aliphatic heterocycles. The number of rotatable bonds is 12. The van der Waals surface area contributed by atoms with Crippen LogP contribution in [0, 0.1) is 5.92 Å². The van der Waals surface area contributed by atoms with Crippen LogP contribution in [0.5, 0.6) is 0 Å². The molecule has 1 fully saturated rings. The SMILES string of the molecule is CCCN(CCNC(CC1CC1)c1ccc([C@H](C)Nc2ncc3c(n2)N(C)C(=O)OC3)cc1)C(=O)OC(C)(C)C.